The maximum absolute atomic E-state index is 12.6. The third kappa shape index (κ3) is 3.68. The predicted octanol–water partition coefficient (Wildman–Crippen LogP) is 2.79. The maximum atomic E-state index is 12.6. The summed E-state index contributed by atoms with van der Waals surface area (Å²) in [4.78, 5) is 14.7. The number of hydrogen-bond donors (Lipinski definition) is 1. The van der Waals surface area contributed by atoms with Gasteiger partial charge in [0.15, 0.2) is 17.6 Å². The number of halogens is 1. The predicted molar refractivity (Wildman–Crippen MR) is 102 cm³/mol. The molecule has 2 aliphatic rings. The Labute approximate surface area is 163 Å². The molecule has 0 saturated heterocycles. The van der Waals surface area contributed by atoms with Gasteiger partial charge in [0.1, 0.15) is 5.75 Å². The largest absolute Gasteiger partial charge is 0.480 e. The van der Waals surface area contributed by atoms with Gasteiger partial charge in [-0.2, -0.15) is 0 Å². The summed E-state index contributed by atoms with van der Waals surface area (Å²) in [5, 5.41) is 3.66. The average molecular weight is 389 g/mol. The first kappa shape index (κ1) is 17.9. The van der Waals surface area contributed by atoms with E-state index in [2.05, 4.69) is 10.2 Å². The zero-order valence-electron chi connectivity index (χ0n) is 15.2. The van der Waals surface area contributed by atoms with Crippen molar-refractivity contribution < 1.29 is 19.0 Å². The minimum Gasteiger partial charge on any atom is -0.480 e. The van der Waals surface area contributed by atoms with E-state index in [0.717, 1.165) is 28.4 Å². The van der Waals surface area contributed by atoms with Crippen molar-refractivity contribution >= 4 is 17.5 Å². The first-order chi connectivity index (χ1) is 13.0. The van der Waals surface area contributed by atoms with Gasteiger partial charge in [-0.25, -0.2) is 0 Å². The van der Waals surface area contributed by atoms with Crippen LogP contribution in [0, 0.1) is 0 Å². The van der Waals surface area contributed by atoms with Crippen LogP contribution in [0.1, 0.15) is 17.2 Å². The van der Waals surface area contributed by atoms with E-state index in [1.54, 1.807) is 12.1 Å². The highest BCUT2D eigenvalue weighted by atomic mass is 35.5. The van der Waals surface area contributed by atoms with Gasteiger partial charge < -0.3 is 24.4 Å². The van der Waals surface area contributed by atoms with Crippen LogP contribution in [0.2, 0.25) is 5.02 Å². The number of carbonyl (C=O) groups excluding carboxylic acids is 1. The molecule has 0 radical (unpaired) electrons. The molecule has 27 heavy (non-hydrogen) atoms. The van der Waals surface area contributed by atoms with Crippen molar-refractivity contribution in [3.8, 4) is 17.2 Å². The minimum atomic E-state index is -0.530. The number of amides is 1. The number of nitrogens with zero attached hydrogens (tertiary/aromatic N) is 1. The van der Waals surface area contributed by atoms with E-state index in [-0.39, 0.29) is 18.7 Å². The molecule has 2 aliphatic heterocycles. The molecule has 2 heterocycles. The number of benzene rings is 2. The molecule has 2 atom stereocenters. The topological polar surface area (TPSA) is 60.0 Å². The maximum Gasteiger partial charge on any atom is 0.261 e. The molecular formula is C20H21ClN2O4. The summed E-state index contributed by atoms with van der Waals surface area (Å²) in [7, 11) is 3.96. The summed E-state index contributed by atoms with van der Waals surface area (Å²) in [6.45, 7) is 0.703. The highest BCUT2D eigenvalue weighted by Gasteiger charge is 2.30. The van der Waals surface area contributed by atoms with Gasteiger partial charge in [-0.05, 0) is 55.6 Å². The van der Waals surface area contributed by atoms with Gasteiger partial charge in [-0.3, -0.25) is 4.79 Å². The van der Waals surface area contributed by atoms with E-state index >= 15 is 0 Å². The second-order valence-electron chi connectivity index (χ2n) is 6.90. The van der Waals surface area contributed by atoms with Crippen molar-refractivity contribution in [1.82, 2.24) is 10.2 Å². The Kier molecular flexibility index (Phi) is 4.85. The van der Waals surface area contributed by atoms with Gasteiger partial charge in [0, 0.05) is 18.0 Å². The van der Waals surface area contributed by atoms with Crippen molar-refractivity contribution in [3.63, 3.8) is 0 Å². The van der Waals surface area contributed by atoms with Crippen molar-refractivity contribution in [2.24, 2.45) is 0 Å². The summed E-state index contributed by atoms with van der Waals surface area (Å²) < 4.78 is 16.6. The molecule has 142 valence electrons. The van der Waals surface area contributed by atoms with Crippen molar-refractivity contribution in [3.05, 3.63) is 52.5 Å². The molecule has 0 unspecified atom stereocenters. The fourth-order valence-corrected chi connectivity index (χ4v) is 3.59. The number of fused-ring (bicyclic) bond motifs is 2. The number of nitrogens with one attached hydrogen (secondary N) is 1. The van der Waals surface area contributed by atoms with Crippen molar-refractivity contribution in [1.29, 1.82) is 0 Å². The van der Waals surface area contributed by atoms with Crippen LogP contribution in [-0.4, -0.2) is 44.3 Å². The van der Waals surface area contributed by atoms with Crippen LogP contribution in [-0.2, 0) is 11.2 Å². The summed E-state index contributed by atoms with van der Waals surface area (Å²) in [5.41, 5.74) is 2.01. The fraction of sp³-hybridized carbons (Fsp3) is 0.350. The van der Waals surface area contributed by atoms with E-state index in [0.29, 0.717) is 18.0 Å². The SMILES string of the molecule is CN(C)[C@@H](CNC(=O)[C@@H]1Cc2cc(Cl)ccc2O1)c1ccc2c(c1)OCO2. The number of likely N-dealkylation sites (N-methyl/N-ethyl adjacent to an activating group) is 1. The van der Waals surface area contributed by atoms with Gasteiger partial charge in [0.2, 0.25) is 6.79 Å². The molecule has 1 N–H and O–H groups in total. The molecule has 2 aromatic carbocycles. The van der Waals surface area contributed by atoms with E-state index < -0.39 is 6.10 Å². The second kappa shape index (κ2) is 7.29. The van der Waals surface area contributed by atoms with Crippen molar-refractivity contribution in [2.45, 2.75) is 18.6 Å². The summed E-state index contributed by atoms with van der Waals surface area (Å²) >= 11 is 6.02. The van der Waals surface area contributed by atoms with Crippen LogP contribution >= 0.6 is 11.6 Å². The van der Waals surface area contributed by atoms with Crippen LogP contribution in [0.5, 0.6) is 17.2 Å². The monoisotopic (exact) mass is 388 g/mol. The third-order valence-corrected chi connectivity index (χ3v) is 5.10. The van der Waals surface area contributed by atoms with Gasteiger partial charge >= 0.3 is 0 Å². The third-order valence-electron chi connectivity index (χ3n) is 4.86. The first-order valence-corrected chi connectivity index (χ1v) is 9.18. The van der Waals surface area contributed by atoms with E-state index in [9.17, 15) is 4.79 Å². The molecule has 7 heteroatoms. The first-order valence-electron chi connectivity index (χ1n) is 8.80. The fourth-order valence-electron chi connectivity index (χ4n) is 3.39. The summed E-state index contributed by atoms with van der Waals surface area (Å²) in [6, 6.07) is 11.3. The molecule has 4 rings (SSSR count). The molecule has 0 aliphatic carbocycles. The number of ether oxygens (including phenoxy) is 3. The van der Waals surface area contributed by atoms with Crippen LogP contribution < -0.4 is 19.5 Å². The highest BCUT2D eigenvalue weighted by Crippen LogP contribution is 2.35. The molecule has 6 nitrogen and oxygen atoms in total. The van der Waals surface area contributed by atoms with E-state index in [4.69, 9.17) is 25.8 Å². The average Bonchev–Trinajstić information content (AvgIpc) is 3.27. The zero-order chi connectivity index (χ0) is 19.0. The lowest BCUT2D eigenvalue weighted by atomic mass is 10.0. The van der Waals surface area contributed by atoms with Gasteiger partial charge in [0.05, 0.1) is 6.04 Å². The Morgan fingerprint density at radius 2 is 1.96 bits per heavy atom. The van der Waals surface area contributed by atoms with E-state index in [1.807, 2.05) is 38.4 Å². The number of rotatable bonds is 5. The van der Waals surface area contributed by atoms with Gasteiger partial charge in [0.25, 0.3) is 5.91 Å². The molecule has 0 bridgehead atoms. The Morgan fingerprint density at radius 3 is 2.78 bits per heavy atom. The Bertz CT molecular complexity index is 871. The lowest BCUT2D eigenvalue weighted by molar-refractivity contribution is -0.127. The Morgan fingerprint density at radius 1 is 1.19 bits per heavy atom. The van der Waals surface area contributed by atoms with Gasteiger partial charge in [-0.1, -0.05) is 17.7 Å². The minimum absolute atomic E-state index is 0.00155. The number of hydrogen-bond acceptors (Lipinski definition) is 5. The van der Waals surface area contributed by atoms with E-state index in [1.165, 1.54) is 0 Å². The Balaban J connectivity index is 1.41. The van der Waals surface area contributed by atoms with Crippen LogP contribution in [0.15, 0.2) is 36.4 Å². The lowest BCUT2D eigenvalue weighted by Gasteiger charge is -2.26. The van der Waals surface area contributed by atoms with Crippen LogP contribution in [0.25, 0.3) is 0 Å². The lowest BCUT2D eigenvalue weighted by Crippen LogP contribution is -2.41. The second-order valence-corrected chi connectivity index (χ2v) is 7.34. The standard InChI is InChI=1S/C20H21ClN2O4/c1-23(2)15(12-3-5-17-18(8-12)26-11-25-17)10-22-20(24)19-9-13-7-14(21)4-6-16(13)27-19/h3-8,15,19H,9-11H2,1-2H3,(H,22,24)/t15-,19-/m0/s1. The normalized spacial score (nSPS) is 18.1. The van der Waals surface area contributed by atoms with Crippen molar-refractivity contribution in [2.75, 3.05) is 27.4 Å². The van der Waals surface area contributed by atoms with Crippen LogP contribution in [0.3, 0.4) is 0 Å². The molecule has 2 aromatic rings. The summed E-state index contributed by atoms with van der Waals surface area (Å²) in [5.74, 6) is 2.07. The summed E-state index contributed by atoms with van der Waals surface area (Å²) in [6.07, 6.45) is -0.00343. The number of carbonyl (C=O) groups is 1. The zero-order valence-corrected chi connectivity index (χ0v) is 16.0. The molecule has 0 aromatic heterocycles. The molecule has 0 fully saturated rings. The quantitative estimate of drug-likeness (QED) is 0.853. The smallest absolute Gasteiger partial charge is 0.261 e. The molecule has 0 saturated carbocycles. The highest BCUT2D eigenvalue weighted by molar-refractivity contribution is 6.30. The molecule has 0 spiro atoms. The van der Waals surface area contributed by atoms with Gasteiger partial charge in [-0.15, -0.1) is 0 Å². The Hall–Kier alpha value is -2.44. The van der Waals surface area contributed by atoms with Crippen LogP contribution in [0.4, 0.5) is 0 Å². The molecule has 1 amide bonds. The molecular weight excluding hydrogens is 368 g/mol.